The zero-order valence-corrected chi connectivity index (χ0v) is 21.0. The summed E-state index contributed by atoms with van der Waals surface area (Å²) >= 11 is 0. The Morgan fingerprint density at radius 2 is 1.69 bits per heavy atom. The molecule has 7 heteroatoms. The highest BCUT2D eigenvalue weighted by Gasteiger charge is 2.30. The molecule has 2 aliphatic rings. The molecular weight excluding hydrogens is 470 g/mol. The van der Waals surface area contributed by atoms with E-state index in [4.69, 9.17) is 0 Å². The quantitative estimate of drug-likeness (QED) is 0.382. The number of aromatic nitrogens is 2. The molecule has 0 fully saturated rings. The smallest absolute Gasteiger partial charge is 0.324 e. The number of urea groups is 1. The first-order valence-corrected chi connectivity index (χ1v) is 12.3. The van der Waals surface area contributed by atoms with E-state index in [2.05, 4.69) is 75.5 Å². The van der Waals surface area contributed by atoms with Gasteiger partial charge in [-0.15, -0.1) is 12.4 Å². The predicted molar refractivity (Wildman–Crippen MR) is 147 cm³/mol. The maximum Gasteiger partial charge on any atom is 0.324 e. The van der Waals surface area contributed by atoms with E-state index in [0.29, 0.717) is 13.1 Å². The van der Waals surface area contributed by atoms with Crippen molar-refractivity contribution in [3.63, 3.8) is 0 Å². The van der Waals surface area contributed by atoms with Gasteiger partial charge in [-0.1, -0.05) is 54.6 Å². The molecule has 0 unspecified atom stereocenters. The summed E-state index contributed by atoms with van der Waals surface area (Å²) in [5.41, 5.74) is 8.07. The molecule has 0 radical (unpaired) electrons. The van der Waals surface area contributed by atoms with Crippen molar-refractivity contribution in [1.29, 1.82) is 0 Å². The topological polar surface area (TPSA) is 55.5 Å². The van der Waals surface area contributed by atoms with Crippen LogP contribution in [0.1, 0.15) is 23.2 Å². The molecule has 4 aromatic rings. The molecule has 0 saturated carbocycles. The first kappa shape index (κ1) is 23.9. The van der Waals surface area contributed by atoms with Crippen LogP contribution in [0.25, 0.3) is 11.1 Å². The van der Waals surface area contributed by atoms with E-state index in [1.807, 2.05) is 28.1 Å². The number of hydrogen-bond donors (Lipinski definition) is 1. The fourth-order valence-corrected chi connectivity index (χ4v) is 5.28. The van der Waals surface area contributed by atoms with Gasteiger partial charge in [0.1, 0.15) is 0 Å². The third-order valence-corrected chi connectivity index (χ3v) is 7.06. The Morgan fingerprint density at radius 1 is 0.861 bits per heavy atom. The van der Waals surface area contributed by atoms with Crippen molar-refractivity contribution >= 4 is 29.8 Å². The summed E-state index contributed by atoms with van der Waals surface area (Å²) in [6, 6.07) is 25.5. The van der Waals surface area contributed by atoms with Crippen LogP contribution in [0.15, 0.2) is 85.3 Å². The first-order valence-electron chi connectivity index (χ1n) is 12.3. The standard InChI is InChI=1S/C29H29N5O.ClH/c35-29(34-14-6-10-23-9-4-5-11-28(23)34)33-16-15-32(20-26-18-30-21-31-26)27-13-12-24(17-25(27)19-33)22-7-2-1-3-8-22;/h1-5,7-9,11-13,17-18,21H,6,10,14-16,19-20H2,(H,30,31);1H. The Hall–Kier alpha value is -3.77. The number of imidazole rings is 1. The molecule has 36 heavy (non-hydrogen) atoms. The number of para-hydroxylation sites is 1. The van der Waals surface area contributed by atoms with E-state index in [1.54, 1.807) is 6.33 Å². The molecule has 6 rings (SSSR count). The van der Waals surface area contributed by atoms with Crippen LogP contribution >= 0.6 is 12.4 Å². The summed E-state index contributed by atoms with van der Waals surface area (Å²) < 4.78 is 0. The number of amides is 2. The predicted octanol–water partition coefficient (Wildman–Crippen LogP) is 5.89. The molecule has 184 valence electrons. The zero-order chi connectivity index (χ0) is 23.6. The van der Waals surface area contributed by atoms with E-state index in [-0.39, 0.29) is 18.4 Å². The van der Waals surface area contributed by atoms with Gasteiger partial charge in [0.2, 0.25) is 0 Å². The summed E-state index contributed by atoms with van der Waals surface area (Å²) in [6.07, 6.45) is 5.62. The summed E-state index contributed by atoms with van der Waals surface area (Å²) in [6.45, 7) is 3.51. The third kappa shape index (κ3) is 4.69. The highest BCUT2D eigenvalue weighted by molar-refractivity contribution is 5.93. The molecule has 0 spiro atoms. The van der Waals surface area contributed by atoms with Crippen LogP contribution in [-0.2, 0) is 19.5 Å². The molecule has 1 N–H and O–H groups in total. The van der Waals surface area contributed by atoms with Crippen LogP contribution in [0, 0.1) is 0 Å². The number of carbonyl (C=O) groups excluding carboxylic acids is 1. The van der Waals surface area contributed by atoms with Crippen LogP contribution in [0.3, 0.4) is 0 Å². The number of nitrogens with one attached hydrogen (secondary N) is 1. The van der Waals surface area contributed by atoms with Gasteiger partial charge in [0.05, 0.1) is 18.6 Å². The van der Waals surface area contributed by atoms with E-state index in [9.17, 15) is 4.79 Å². The van der Waals surface area contributed by atoms with Crippen molar-refractivity contribution < 1.29 is 4.79 Å². The second-order valence-electron chi connectivity index (χ2n) is 9.30. The normalized spacial score (nSPS) is 14.9. The van der Waals surface area contributed by atoms with Gasteiger partial charge in [-0.25, -0.2) is 9.78 Å². The van der Waals surface area contributed by atoms with Crippen molar-refractivity contribution in [2.24, 2.45) is 0 Å². The monoisotopic (exact) mass is 499 g/mol. The van der Waals surface area contributed by atoms with Crippen LogP contribution in [0.5, 0.6) is 0 Å². The average Bonchev–Trinajstić information content (AvgIpc) is 3.36. The third-order valence-electron chi connectivity index (χ3n) is 7.06. The number of aromatic amines is 1. The molecule has 3 heterocycles. The lowest BCUT2D eigenvalue weighted by Crippen LogP contribution is -2.46. The van der Waals surface area contributed by atoms with Gasteiger partial charge in [0, 0.05) is 43.8 Å². The number of aryl methyl sites for hydroxylation is 1. The highest BCUT2D eigenvalue weighted by Crippen LogP contribution is 2.33. The van der Waals surface area contributed by atoms with Crippen molar-refractivity contribution in [1.82, 2.24) is 14.9 Å². The zero-order valence-electron chi connectivity index (χ0n) is 20.1. The summed E-state index contributed by atoms with van der Waals surface area (Å²) in [4.78, 5) is 27.6. The van der Waals surface area contributed by atoms with Gasteiger partial charge in [-0.2, -0.15) is 0 Å². The number of rotatable bonds is 3. The fraction of sp³-hybridized carbons (Fsp3) is 0.241. The molecule has 2 aliphatic heterocycles. The van der Waals surface area contributed by atoms with Crippen molar-refractivity contribution in [2.75, 3.05) is 29.4 Å². The molecule has 2 amide bonds. The van der Waals surface area contributed by atoms with Crippen LogP contribution in [0.4, 0.5) is 16.2 Å². The lowest BCUT2D eigenvalue weighted by Gasteiger charge is -2.34. The molecular formula is C29H30ClN5O. The molecule has 1 aromatic heterocycles. The Balaban J connectivity index is 0.00000267. The Labute approximate surface area is 218 Å². The van der Waals surface area contributed by atoms with Gasteiger partial charge in [-0.05, 0) is 53.3 Å². The molecule has 0 aliphatic carbocycles. The Bertz CT molecular complexity index is 1320. The minimum atomic E-state index is 0. The maximum absolute atomic E-state index is 13.9. The van der Waals surface area contributed by atoms with Gasteiger partial charge in [-0.3, -0.25) is 4.90 Å². The van der Waals surface area contributed by atoms with Crippen LogP contribution < -0.4 is 9.80 Å². The number of anilines is 2. The van der Waals surface area contributed by atoms with Crippen molar-refractivity contribution in [3.8, 4) is 11.1 Å². The minimum Gasteiger partial charge on any atom is -0.364 e. The first-order chi connectivity index (χ1) is 17.3. The second-order valence-corrected chi connectivity index (χ2v) is 9.30. The Morgan fingerprint density at radius 3 is 2.53 bits per heavy atom. The molecule has 3 aromatic carbocycles. The van der Waals surface area contributed by atoms with Crippen molar-refractivity contribution in [3.05, 3.63) is 102 Å². The van der Waals surface area contributed by atoms with Crippen LogP contribution in [-0.4, -0.2) is 40.5 Å². The summed E-state index contributed by atoms with van der Waals surface area (Å²) in [5, 5.41) is 0. The molecule has 0 atom stereocenters. The summed E-state index contributed by atoms with van der Waals surface area (Å²) in [5.74, 6) is 0. The van der Waals surface area contributed by atoms with E-state index in [1.165, 1.54) is 27.9 Å². The van der Waals surface area contributed by atoms with Gasteiger partial charge < -0.3 is 14.8 Å². The maximum atomic E-state index is 13.9. The van der Waals surface area contributed by atoms with E-state index in [0.717, 1.165) is 43.9 Å². The second kappa shape index (κ2) is 10.5. The number of H-pyrrole nitrogens is 1. The van der Waals surface area contributed by atoms with Gasteiger partial charge >= 0.3 is 6.03 Å². The molecule has 0 saturated heterocycles. The number of hydrogen-bond acceptors (Lipinski definition) is 3. The lowest BCUT2D eigenvalue weighted by atomic mass is 10.0. The lowest BCUT2D eigenvalue weighted by molar-refractivity contribution is 0.204. The van der Waals surface area contributed by atoms with Gasteiger partial charge in [0.15, 0.2) is 0 Å². The number of carbonyl (C=O) groups is 1. The number of benzene rings is 3. The van der Waals surface area contributed by atoms with Crippen LogP contribution in [0.2, 0.25) is 0 Å². The van der Waals surface area contributed by atoms with Crippen molar-refractivity contribution in [2.45, 2.75) is 25.9 Å². The number of nitrogens with zero attached hydrogens (tertiary/aromatic N) is 4. The summed E-state index contributed by atoms with van der Waals surface area (Å²) in [7, 11) is 0. The average molecular weight is 500 g/mol. The largest absolute Gasteiger partial charge is 0.364 e. The highest BCUT2D eigenvalue weighted by atomic mass is 35.5. The Kier molecular flexibility index (Phi) is 6.96. The van der Waals surface area contributed by atoms with E-state index >= 15 is 0 Å². The van der Waals surface area contributed by atoms with Gasteiger partial charge in [0.25, 0.3) is 0 Å². The molecule has 0 bridgehead atoms. The number of halogens is 1. The molecule has 6 nitrogen and oxygen atoms in total. The van der Waals surface area contributed by atoms with E-state index < -0.39 is 0 Å². The SMILES string of the molecule is Cl.O=C(N1CCN(Cc2cnc[nH]2)c2ccc(-c3ccccc3)cc2C1)N1CCCc2ccccc21. The fourth-order valence-electron chi connectivity index (χ4n) is 5.28. The number of fused-ring (bicyclic) bond motifs is 2. The minimum absolute atomic E-state index is 0.